The molecule has 86 valence electrons. The van der Waals surface area contributed by atoms with Crippen molar-refractivity contribution in [2.24, 2.45) is 5.92 Å². The van der Waals surface area contributed by atoms with Gasteiger partial charge in [-0.3, -0.25) is 4.79 Å². The van der Waals surface area contributed by atoms with Gasteiger partial charge in [-0.15, -0.1) is 12.4 Å². The Morgan fingerprint density at radius 1 is 1.25 bits per heavy atom. The molecular formula is C13H15ClO2. The fraction of sp³-hybridized carbons (Fsp3) is 0.308. The van der Waals surface area contributed by atoms with Crippen LogP contribution in [0.1, 0.15) is 24.8 Å². The highest BCUT2D eigenvalue weighted by Gasteiger charge is 2.22. The molecule has 1 aliphatic carbocycles. The lowest BCUT2D eigenvalue weighted by atomic mass is 9.86. The number of carboxylic acid groups (broad SMARTS) is 1. The van der Waals surface area contributed by atoms with E-state index in [-0.39, 0.29) is 18.3 Å². The minimum atomic E-state index is -0.670. The van der Waals surface area contributed by atoms with Gasteiger partial charge in [0.05, 0.1) is 5.92 Å². The van der Waals surface area contributed by atoms with Crippen LogP contribution in [-0.4, -0.2) is 11.1 Å². The molecule has 0 aromatic heterocycles. The van der Waals surface area contributed by atoms with E-state index in [0.717, 1.165) is 18.4 Å². The van der Waals surface area contributed by atoms with Crippen LogP contribution in [0.25, 0.3) is 5.57 Å². The van der Waals surface area contributed by atoms with Crippen molar-refractivity contribution in [1.82, 2.24) is 0 Å². The fourth-order valence-electron chi connectivity index (χ4n) is 2.01. The van der Waals surface area contributed by atoms with Gasteiger partial charge in [0.1, 0.15) is 0 Å². The molecule has 1 aromatic rings. The number of aliphatic carboxylic acids is 1. The Bertz CT molecular complexity index is 384. The quantitative estimate of drug-likeness (QED) is 0.858. The van der Waals surface area contributed by atoms with Gasteiger partial charge in [0, 0.05) is 0 Å². The predicted octanol–water partition coefficient (Wildman–Crippen LogP) is 3.38. The van der Waals surface area contributed by atoms with Crippen molar-refractivity contribution in [1.29, 1.82) is 0 Å². The molecule has 1 aliphatic rings. The first kappa shape index (κ1) is 12.8. The third-order valence-corrected chi connectivity index (χ3v) is 2.87. The molecule has 0 bridgehead atoms. The van der Waals surface area contributed by atoms with E-state index in [9.17, 15) is 4.79 Å². The molecule has 2 rings (SSSR count). The van der Waals surface area contributed by atoms with E-state index in [1.54, 1.807) is 0 Å². The van der Waals surface area contributed by atoms with Crippen LogP contribution in [0.4, 0.5) is 0 Å². The molecule has 0 fully saturated rings. The first-order chi connectivity index (χ1) is 7.27. The highest BCUT2D eigenvalue weighted by atomic mass is 35.5. The summed E-state index contributed by atoms with van der Waals surface area (Å²) < 4.78 is 0. The zero-order chi connectivity index (χ0) is 10.7. The van der Waals surface area contributed by atoms with Gasteiger partial charge in [-0.2, -0.15) is 0 Å². The molecule has 3 heteroatoms. The van der Waals surface area contributed by atoms with Gasteiger partial charge >= 0.3 is 5.97 Å². The Morgan fingerprint density at radius 3 is 2.56 bits per heavy atom. The third-order valence-electron chi connectivity index (χ3n) is 2.87. The molecular weight excluding hydrogens is 224 g/mol. The number of hydrogen-bond acceptors (Lipinski definition) is 1. The Kier molecular flexibility index (Phi) is 4.56. The van der Waals surface area contributed by atoms with Crippen LogP contribution in [0, 0.1) is 5.92 Å². The SMILES string of the molecule is Cl.O=C(O)[C@@H]1CCC=C(c2ccccc2)C1. The van der Waals surface area contributed by atoms with Crippen molar-refractivity contribution in [2.45, 2.75) is 19.3 Å². The van der Waals surface area contributed by atoms with Gasteiger partial charge in [-0.25, -0.2) is 0 Å². The van der Waals surface area contributed by atoms with Gasteiger partial charge in [0.2, 0.25) is 0 Å². The molecule has 0 saturated heterocycles. The molecule has 0 spiro atoms. The molecule has 2 nitrogen and oxygen atoms in total. The number of allylic oxidation sites excluding steroid dienone is 2. The molecule has 0 saturated carbocycles. The van der Waals surface area contributed by atoms with Crippen molar-refractivity contribution in [3.05, 3.63) is 42.0 Å². The van der Waals surface area contributed by atoms with E-state index < -0.39 is 5.97 Å². The summed E-state index contributed by atoms with van der Waals surface area (Å²) in [6.45, 7) is 0. The number of benzene rings is 1. The van der Waals surface area contributed by atoms with Crippen molar-refractivity contribution >= 4 is 23.9 Å². The lowest BCUT2D eigenvalue weighted by molar-refractivity contribution is -0.141. The van der Waals surface area contributed by atoms with E-state index in [0.29, 0.717) is 6.42 Å². The van der Waals surface area contributed by atoms with Crippen LogP contribution >= 0.6 is 12.4 Å². The van der Waals surface area contributed by atoms with E-state index >= 15 is 0 Å². The standard InChI is InChI=1S/C13H14O2.ClH/c14-13(15)12-8-4-7-11(9-12)10-5-2-1-3-6-10;/h1-3,5-7,12H,4,8-9H2,(H,14,15);1H/t12-;/m1./s1. The highest BCUT2D eigenvalue weighted by Crippen LogP contribution is 2.30. The van der Waals surface area contributed by atoms with E-state index in [2.05, 4.69) is 6.08 Å². The fourth-order valence-corrected chi connectivity index (χ4v) is 2.01. The maximum absolute atomic E-state index is 10.9. The molecule has 1 atom stereocenters. The number of carboxylic acids is 1. The smallest absolute Gasteiger partial charge is 0.306 e. The van der Waals surface area contributed by atoms with Crippen LogP contribution in [0.15, 0.2) is 36.4 Å². The third kappa shape index (κ3) is 2.86. The van der Waals surface area contributed by atoms with Gasteiger partial charge < -0.3 is 5.11 Å². The lowest BCUT2D eigenvalue weighted by Crippen LogP contribution is -2.16. The normalized spacial score (nSPS) is 19.5. The van der Waals surface area contributed by atoms with Crippen LogP contribution in [-0.2, 0) is 4.79 Å². The Hall–Kier alpha value is -1.28. The monoisotopic (exact) mass is 238 g/mol. The lowest BCUT2D eigenvalue weighted by Gasteiger charge is -2.19. The van der Waals surface area contributed by atoms with Crippen molar-refractivity contribution < 1.29 is 9.90 Å². The first-order valence-corrected chi connectivity index (χ1v) is 5.24. The Morgan fingerprint density at radius 2 is 1.94 bits per heavy atom. The predicted molar refractivity (Wildman–Crippen MR) is 66.6 cm³/mol. The second-order valence-corrected chi connectivity index (χ2v) is 3.91. The topological polar surface area (TPSA) is 37.3 Å². The van der Waals surface area contributed by atoms with E-state index in [1.807, 2.05) is 30.3 Å². The Labute approximate surface area is 101 Å². The average Bonchev–Trinajstić information content (AvgIpc) is 2.30. The molecule has 0 aliphatic heterocycles. The second-order valence-electron chi connectivity index (χ2n) is 3.91. The highest BCUT2D eigenvalue weighted by molar-refractivity contribution is 5.85. The van der Waals surface area contributed by atoms with Crippen LogP contribution in [0.2, 0.25) is 0 Å². The molecule has 1 N–H and O–H groups in total. The molecule has 16 heavy (non-hydrogen) atoms. The van der Waals surface area contributed by atoms with Gasteiger partial charge in [0.15, 0.2) is 0 Å². The maximum Gasteiger partial charge on any atom is 0.306 e. The summed E-state index contributed by atoms with van der Waals surface area (Å²) in [7, 11) is 0. The van der Waals surface area contributed by atoms with E-state index in [1.165, 1.54) is 5.57 Å². The second kappa shape index (κ2) is 5.71. The summed E-state index contributed by atoms with van der Waals surface area (Å²) in [4.78, 5) is 10.9. The average molecular weight is 239 g/mol. The molecule has 0 amide bonds. The van der Waals surface area contributed by atoms with Gasteiger partial charge in [-0.05, 0) is 30.4 Å². The number of carbonyl (C=O) groups is 1. The number of halogens is 1. The summed E-state index contributed by atoms with van der Waals surface area (Å²) in [6.07, 6.45) is 4.47. The molecule has 0 unspecified atom stereocenters. The Balaban J connectivity index is 0.00000128. The van der Waals surface area contributed by atoms with E-state index in [4.69, 9.17) is 5.11 Å². The van der Waals surface area contributed by atoms with Crippen LogP contribution in [0.3, 0.4) is 0 Å². The summed E-state index contributed by atoms with van der Waals surface area (Å²) >= 11 is 0. The van der Waals surface area contributed by atoms with Gasteiger partial charge in [-0.1, -0.05) is 36.4 Å². The largest absolute Gasteiger partial charge is 0.481 e. The molecule has 0 heterocycles. The van der Waals surface area contributed by atoms with Gasteiger partial charge in [0.25, 0.3) is 0 Å². The summed E-state index contributed by atoms with van der Waals surface area (Å²) in [6, 6.07) is 10.0. The van der Waals surface area contributed by atoms with Crippen LogP contribution < -0.4 is 0 Å². The molecule has 1 aromatic carbocycles. The van der Waals surface area contributed by atoms with Crippen molar-refractivity contribution in [3.8, 4) is 0 Å². The van der Waals surface area contributed by atoms with Crippen molar-refractivity contribution in [3.63, 3.8) is 0 Å². The maximum atomic E-state index is 10.9. The first-order valence-electron chi connectivity index (χ1n) is 5.24. The molecule has 0 radical (unpaired) electrons. The summed E-state index contributed by atoms with van der Waals surface area (Å²) in [5.41, 5.74) is 2.33. The van der Waals surface area contributed by atoms with Crippen LogP contribution in [0.5, 0.6) is 0 Å². The van der Waals surface area contributed by atoms with Crippen molar-refractivity contribution in [2.75, 3.05) is 0 Å². The zero-order valence-electron chi connectivity index (χ0n) is 8.93. The summed E-state index contributed by atoms with van der Waals surface area (Å²) in [5, 5.41) is 8.98. The zero-order valence-corrected chi connectivity index (χ0v) is 9.74. The minimum absolute atomic E-state index is 0. The number of hydrogen-bond donors (Lipinski definition) is 1. The minimum Gasteiger partial charge on any atom is -0.481 e. The summed E-state index contributed by atoms with van der Waals surface area (Å²) in [5.74, 6) is -0.873. The number of rotatable bonds is 2.